The number of rotatable bonds is 5. The third-order valence-electron chi connectivity index (χ3n) is 16.1. The van der Waals surface area contributed by atoms with Crippen molar-refractivity contribution in [3.63, 3.8) is 0 Å². The fraction of sp³-hybridized carbons (Fsp3) is 1.00. The van der Waals surface area contributed by atoms with Crippen molar-refractivity contribution in [1.29, 1.82) is 0 Å². The van der Waals surface area contributed by atoms with Gasteiger partial charge in [0.25, 0.3) is 0 Å². The molecule has 0 nitrogen and oxygen atoms in total. The molecule has 0 aliphatic carbocycles. The predicted octanol–water partition coefficient (Wildman–Crippen LogP) is 5.59. The third-order valence-corrected chi connectivity index (χ3v) is 92.8. The summed E-state index contributed by atoms with van der Waals surface area (Å²) in [5.41, 5.74) is 0. The molecule has 18 heavy (non-hydrogen) atoms. The van der Waals surface area contributed by atoms with E-state index in [1.165, 1.54) is 16.6 Å². The Morgan fingerprint density at radius 1 is 0.778 bits per heavy atom. The van der Waals surface area contributed by atoms with Crippen molar-refractivity contribution < 1.29 is 7.72 Å². The molecule has 2 heteroatoms. The minimum absolute atomic E-state index is 0.530. The Hall–Kier alpha value is 1.05. The molecule has 0 saturated carbocycles. The summed E-state index contributed by atoms with van der Waals surface area (Å²) in [6.07, 6.45) is 6.45. The summed E-state index contributed by atoms with van der Waals surface area (Å²) < 4.78 is 15.6. The molecule has 4 unspecified atom stereocenters. The molecule has 100 valence electrons. The van der Waals surface area contributed by atoms with Gasteiger partial charge in [0.1, 0.15) is 0 Å². The fourth-order valence-corrected chi connectivity index (χ4v) is 174. The fourth-order valence-electron chi connectivity index (χ4n) is 17.9. The predicted molar refractivity (Wildman–Crippen MR) is 73.7 cm³/mol. The molecule has 0 amide bonds. The second-order valence-electron chi connectivity index (χ2n) is 11.6. The van der Waals surface area contributed by atoms with Crippen LogP contribution in [0.25, 0.3) is 0 Å². The molecule has 0 aromatic rings. The van der Waals surface area contributed by atoms with Crippen LogP contribution in [0.1, 0.15) is 26.7 Å². The maximum atomic E-state index is 2.48. The van der Waals surface area contributed by atoms with E-state index >= 15 is 0 Å². The summed E-state index contributed by atoms with van der Waals surface area (Å²) in [4.78, 5) is 0. The minimum atomic E-state index is -2.97. The van der Waals surface area contributed by atoms with E-state index in [2.05, 4.69) is 13.8 Å². The first kappa shape index (κ1) is 7.89. The van der Waals surface area contributed by atoms with Crippen molar-refractivity contribution in [1.82, 2.24) is 0 Å². The summed E-state index contributed by atoms with van der Waals surface area (Å²) in [6, 6.07) is 0. The SMILES string of the molecule is CCCP(CCC)[C]12[CH]3[CH]4[CH]5[CH]1[Ru]45321678[CH]2[CH]1[CH]6[CH]7[CH]28. The average molecular weight is 347 g/mol. The van der Waals surface area contributed by atoms with Crippen LogP contribution in [0.3, 0.4) is 0 Å². The van der Waals surface area contributed by atoms with Crippen LogP contribution in [0.5, 0.6) is 0 Å². The Morgan fingerprint density at radius 3 is 1.44 bits per heavy atom. The second-order valence-corrected chi connectivity index (χ2v) is 52.1. The van der Waals surface area contributed by atoms with Crippen molar-refractivity contribution in [2.75, 3.05) is 12.3 Å². The summed E-state index contributed by atoms with van der Waals surface area (Å²) in [5, 5.41) is 0. The quantitative estimate of drug-likeness (QED) is 0.449. The molecule has 0 bridgehead atoms. The van der Waals surface area contributed by atoms with Gasteiger partial charge < -0.3 is 0 Å². The Morgan fingerprint density at radius 2 is 1.22 bits per heavy atom. The van der Waals surface area contributed by atoms with Gasteiger partial charge in [-0.2, -0.15) is 0 Å². The van der Waals surface area contributed by atoms with E-state index in [0.29, 0.717) is 7.92 Å². The monoisotopic (exact) mass is 348 g/mol. The summed E-state index contributed by atoms with van der Waals surface area (Å²) in [7, 11) is -2.44. The zero-order valence-electron chi connectivity index (χ0n) is 11.3. The van der Waals surface area contributed by atoms with E-state index < -0.39 is 7.72 Å². The van der Waals surface area contributed by atoms with Crippen molar-refractivity contribution in [3.8, 4) is 0 Å². The number of hydrogen-bond donors (Lipinski definition) is 0. The molecule has 0 N–H and O–H groups in total. The summed E-state index contributed by atoms with van der Waals surface area (Å²) >= 11 is 0. The molecule has 0 aromatic heterocycles. The van der Waals surface area contributed by atoms with Crippen LogP contribution in [0.4, 0.5) is 0 Å². The Balaban J connectivity index is 1.45. The van der Waals surface area contributed by atoms with E-state index in [4.69, 9.17) is 0 Å². The van der Waals surface area contributed by atoms with E-state index in [1.54, 1.807) is 52.9 Å². The summed E-state index contributed by atoms with van der Waals surface area (Å²) in [6.45, 7) is 4.97. The molecule has 10 aliphatic heterocycles. The van der Waals surface area contributed by atoms with Gasteiger partial charge in [-0.1, -0.05) is 0 Å². The molecule has 10 rings (SSSR count). The first-order chi connectivity index (χ1) is 8.56. The first-order valence-electron chi connectivity index (χ1n) is 8.53. The molecular weight excluding hydrogens is 324 g/mol. The number of hydrogen-bond acceptors (Lipinski definition) is 0. The van der Waals surface area contributed by atoms with Crippen LogP contribution in [-0.4, -0.2) is 16.1 Å². The first-order valence-corrected chi connectivity index (χ1v) is 20.1. The van der Waals surface area contributed by atoms with Crippen LogP contribution in [0.2, 0.25) is 40.6 Å². The normalized spacial score (nSPS) is 114. The maximum absolute atomic E-state index is 2.97. The Bertz CT molecular complexity index is 859. The molecule has 1 spiro atoms. The van der Waals surface area contributed by atoms with E-state index in [-0.39, 0.29) is 0 Å². The van der Waals surface area contributed by atoms with Crippen LogP contribution in [0.15, 0.2) is 0 Å². The van der Waals surface area contributed by atoms with E-state index in [1.807, 2.05) is 0 Å². The zero-order valence-corrected chi connectivity index (χ0v) is 14.0. The topological polar surface area (TPSA) is 0 Å². The van der Waals surface area contributed by atoms with Crippen LogP contribution in [0, 0.1) is 0 Å². The Labute approximate surface area is 98.7 Å². The molecule has 10 aliphatic rings. The van der Waals surface area contributed by atoms with Crippen molar-refractivity contribution in [2.24, 2.45) is 0 Å². The molecule has 10 fully saturated rings. The van der Waals surface area contributed by atoms with Gasteiger partial charge in [0.05, 0.1) is 0 Å². The van der Waals surface area contributed by atoms with Gasteiger partial charge in [0.2, 0.25) is 0 Å². The van der Waals surface area contributed by atoms with Gasteiger partial charge in [-0.25, -0.2) is 0 Å². The van der Waals surface area contributed by atoms with Gasteiger partial charge in [-0.05, 0) is 0 Å². The molecule has 0 aromatic carbocycles. The molecular formula is C16H23PRu. The van der Waals surface area contributed by atoms with E-state index in [9.17, 15) is 0 Å². The van der Waals surface area contributed by atoms with Crippen LogP contribution in [-0.2, 0) is 7.72 Å². The van der Waals surface area contributed by atoms with Gasteiger partial charge in [0.15, 0.2) is 0 Å². The second kappa shape index (κ2) is 0.709. The van der Waals surface area contributed by atoms with Crippen LogP contribution < -0.4 is 0 Å². The van der Waals surface area contributed by atoms with Crippen LogP contribution >= 0.6 is 7.92 Å². The van der Waals surface area contributed by atoms with Gasteiger partial charge in [0, 0.05) is 0 Å². The van der Waals surface area contributed by atoms with Crippen molar-refractivity contribution in [3.05, 3.63) is 0 Å². The van der Waals surface area contributed by atoms with E-state index in [0.717, 1.165) is 0 Å². The van der Waals surface area contributed by atoms with Gasteiger partial charge >= 0.3 is 99.0 Å². The molecule has 10 heterocycles. The van der Waals surface area contributed by atoms with Crippen molar-refractivity contribution in [2.45, 2.75) is 71.0 Å². The Kier molecular flexibility index (Phi) is 0.311. The van der Waals surface area contributed by atoms with Gasteiger partial charge in [-0.3, -0.25) is 0 Å². The zero-order chi connectivity index (χ0) is 11.4. The summed E-state index contributed by atoms with van der Waals surface area (Å²) in [5.74, 6) is 0. The number of fused-ring (bicyclic) bond motifs is 10. The van der Waals surface area contributed by atoms with Crippen molar-refractivity contribution >= 4 is 7.92 Å². The molecule has 4 atom stereocenters. The standard InChI is InChI=1S/C11H18P.C5H5.Ru/c1-3-9-12(10-4-2)11-7-5-6-8-11;1-2-4-5-3-1;/h5-8H,3-4,9-10H2,1-2H3;1-5H;. The third kappa shape index (κ3) is 0.0860. The molecule has 0 radical (unpaired) electrons. The van der Waals surface area contributed by atoms with Gasteiger partial charge in [-0.15, -0.1) is 0 Å². The molecule has 10 saturated heterocycles. The average Bonchev–Trinajstić information content (AvgIpc) is 3.31.